The maximum absolute atomic E-state index is 15.0. The predicted octanol–water partition coefficient (Wildman–Crippen LogP) is 7.07. The number of imide groups is 1. The smallest absolute Gasteiger partial charge is 0.238 e. The van der Waals surface area contributed by atoms with Gasteiger partial charge >= 0.3 is 0 Å². The number of nitrogens with zero attached hydrogens (tertiary/aromatic N) is 1. The van der Waals surface area contributed by atoms with E-state index in [9.17, 15) is 19.5 Å². The highest BCUT2D eigenvalue weighted by atomic mass is 35.5. The van der Waals surface area contributed by atoms with E-state index >= 15 is 4.79 Å². The van der Waals surface area contributed by atoms with Gasteiger partial charge in [-0.15, -0.1) is 0 Å². The van der Waals surface area contributed by atoms with Crippen molar-refractivity contribution in [3.63, 3.8) is 0 Å². The van der Waals surface area contributed by atoms with E-state index < -0.39 is 35.0 Å². The van der Waals surface area contributed by atoms with Crippen LogP contribution in [0.4, 0.5) is 5.69 Å². The average Bonchev–Trinajstić information content (AvgIpc) is 3.36. The fourth-order valence-corrected chi connectivity index (χ4v) is 8.99. The number of anilines is 1. The van der Waals surface area contributed by atoms with Crippen LogP contribution in [-0.2, 0) is 24.6 Å². The van der Waals surface area contributed by atoms with Crippen molar-refractivity contribution in [2.75, 3.05) is 4.90 Å². The van der Waals surface area contributed by atoms with Gasteiger partial charge in [0.1, 0.15) is 5.75 Å². The topological polar surface area (TPSA) is 91.8 Å². The van der Waals surface area contributed by atoms with Gasteiger partial charge in [-0.2, -0.15) is 0 Å². The summed E-state index contributed by atoms with van der Waals surface area (Å²) in [6, 6.07) is 32.1. The average molecular weight is 640 g/mol. The van der Waals surface area contributed by atoms with Crippen LogP contribution in [0.2, 0.25) is 5.02 Å². The second kappa shape index (κ2) is 11.0. The number of phenolic OH excluding ortho intramolecular Hbond substituents is 1. The van der Waals surface area contributed by atoms with E-state index in [0.717, 1.165) is 5.57 Å². The first-order valence-electron chi connectivity index (χ1n) is 15.8. The molecule has 0 bridgehead atoms. The molecule has 6 unspecified atom stereocenters. The lowest BCUT2D eigenvalue weighted by Gasteiger charge is -2.55. The minimum atomic E-state index is -1.43. The summed E-state index contributed by atoms with van der Waals surface area (Å²) in [5, 5.41) is 11.8. The molecule has 3 aliphatic carbocycles. The first-order valence-corrected chi connectivity index (χ1v) is 16.2. The maximum atomic E-state index is 15.0. The van der Waals surface area contributed by atoms with E-state index in [4.69, 9.17) is 11.6 Å². The van der Waals surface area contributed by atoms with E-state index in [0.29, 0.717) is 39.4 Å². The van der Waals surface area contributed by atoms with Crippen molar-refractivity contribution in [1.82, 2.24) is 0 Å². The number of rotatable bonds is 4. The molecule has 8 rings (SSSR count). The standard InChI is InChI=1S/C40H30ClNO5/c41-25-16-19-33(43)31(20-25)36-27-17-18-28-35(39(47)42(38(28)46)26-14-8-3-9-15-26)30(27)21-32-37(45)29(23-10-4-1-5-11-23)22-34(44)40(32,36)24-12-6-2-7-13-24/h1-17,19-20,22,28,30,32,35-36,43H,18,21H2. The highest BCUT2D eigenvalue weighted by molar-refractivity contribution is 6.32. The molecule has 232 valence electrons. The highest BCUT2D eigenvalue weighted by Crippen LogP contribution is 2.64. The summed E-state index contributed by atoms with van der Waals surface area (Å²) in [5.41, 5.74) is 1.87. The largest absolute Gasteiger partial charge is 0.508 e. The fourth-order valence-electron chi connectivity index (χ4n) is 8.81. The molecule has 4 aromatic rings. The van der Waals surface area contributed by atoms with Gasteiger partial charge in [0.15, 0.2) is 11.6 Å². The van der Waals surface area contributed by atoms with E-state index in [2.05, 4.69) is 0 Å². The molecule has 0 spiro atoms. The zero-order valence-electron chi connectivity index (χ0n) is 25.3. The number of hydrogen-bond donors (Lipinski definition) is 1. The Kier molecular flexibility index (Phi) is 6.88. The molecule has 2 amide bonds. The van der Waals surface area contributed by atoms with Gasteiger partial charge in [-0.3, -0.25) is 24.1 Å². The lowest BCUT2D eigenvalue weighted by molar-refractivity contribution is -0.135. The summed E-state index contributed by atoms with van der Waals surface area (Å²) in [4.78, 5) is 59.5. The molecule has 0 aromatic heterocycles. The Labute approximate surface area is 277 Å². The Morgan fingerprint density at radius 2 is 1.43 bits per heavy atom. The summed E-state index contributed by atoms with van der Waals surface area (Å²) in [6.45, 7) is 0. The molecule has 1 aliphatic heterocycles. The van der Waals surface area contributed by atoms with Gasteiger partial charge in [0.25, 0.3) is 0 Å². The third-order valence-electron chi connectivity index (χ3n) is 10.7. The summed E-state index contributed by atoms with van der Waals surface area (Å²) >= 11 is 6.56. The Hall–Kier alpha value is -5.07. The molecule has 47 heavy (non-hydrogen) atoms. The normalized spacial score (nSPS) is 28.3. The van der Waals surface area contributed by atoms with E-state index in [1.165, 1.54) is 17.0 Å². The number of benzene rings is 4. The Balaban J connectivity index is 1.38. The molecule has 1 heterocycles. The van der Waals surface area contributed by atoms with Crippen molar-refractivity contribution in [3.8, 4) is 5.75 Å². The molecule has 1 saturated carbocycles. The van der Waals surface area contributed by atoms with Crippen molar-refractivity contribution in [2.45, 2.75) is 24.2 Å². The molecule has 1 saturated heterocycles. The number of amides is 2. The van der Waals surface area contributed by atoms with Gasteiger partial charge in [-0.25, -0.2) is 0 Å². The van der Waals surface area contributed by atoms with Crippen LogP contribution in [0.3, 0.4) is 0 Å². The molecule has 0 radical (unpaired) electrons. The number of carbonyl (C=O) groups excluding carboxylic acids is 4. The van der Waals surface area contributed by atoms with Crippen LogP contribution in [0.15, 0.2) is 127 Å². The zero-order valence-corrected chi connectivity index (χ0v) is 26.0. The molecule has 4 aliphatic rings. The molecule has 4 aromatic carbocycles. The lowest BCUT2D eigenvalue weighted by Crippen LogP contribution is -2.58. The maximum Gasteiger partial charge on any atom is 0.238 e. The van der Waals surface area contributed by atoms with Crippen molar-refractivity contribution in [1.29, 1.82) is 0 Å². The number of Topliss-reactive ketones (excluding diaryl/α,β-unsaturated/α-hetero) is 1. The Bertz CT molecular complexity index is 2020. The Morgan fingerprint density at radius 1 is 0.766 bits per heavy atom. The van der Waals surface area contributed by atoms with Gasteiger partial charge in [0.05, 0.1) is 22.9 Å². The highest BCUT2D eigenvalue weighted by Gasteiger charge is 2.66. The number of fused-ring (bicyclic) bond motifs is 4. The molecular weight excluding hydrogens is 610 g/mol. The van der Waals surface area contributed by atoms with Crippen LogP contribution in [0.25, 0.3) is 5.57 Å². The summed E-state index contributed by atoms with van der Waals surface area (Å²) in [7, 11) is 0. The monoisotopic (exact) mass is 639 g/mol. The van der Waals surface area contributed by atoms with E-state index in [1.54, 1.807) is 36.4 Å². The first-order chi connectivity index (χ1) is 22.8. The van der Waals surface area contributed by atoms with Gasteiger partial charge in [-0.05, 0) is 66.3 Å². The number of hydrogen-bond acceptors (Lipinski definition) is 5. The molecule has 6 atom stereocenters. The SMILES string of the molecule is O=C1C(c2ccccc2)=CC(=O)C2(c3ccccc3)C1CC1C(=CCC3C(=O)N(c4ccccc4)C(=O)C31)C2c1cc(Cl)ccc1O. The molecular formula is C40H30ClNO5. The number of aromatic hydroxyl groups is 1. The van der Waals surface area contributed by atoms with Crippen LogP contribution < -0.4 is 4.90 Å². The van der Waals surface area contributed by atoms with Gasteiger partial charge in [-0.1, -0.05) is 102 Å². The van der Waals surface area contributed by atoms with Crippen LogP contribution in [0.5, 0.6) is 5.75 Å². The number of phenols is 1. The van der Waals surface area contributed by atoms with Crippen molar-refractivity contribution >= 4 is 46.2 Å². The second-order valence-electron chi connectivity index (χ2n) is 12.8. The molecule has 7 heteroatoms. The number of carbonyl (C=O) groups is 4. The van der Waals surface area contributed by atoms with Crippen LogP contribution in [0.1, 0.15) is 35.4 Å². The van der Waals surface area contributed by atoms with E-state index in [1.807, 2.05) is 72.8 Å². The van der Waals surface area contributed by atoms with Gasteiger partial charge < -0.3 is 5.11 Å². The van der Waals surface area contributed by atoms with Crippen molar-refractivity contribution in [3.05, 3.63) is 149 Å². The molecule has 1 N–H and O–H groups in total. The van der Waals surface area contributed by atoms with Gasteiger partial charge in [0.2, 0.25) is 11.8 Å². The van der Waals surface area contributed by atoms with Crippen molar-refractivity contribution < 1.29 is 24.3 Å². The Morgan fingerprint density at radius 3 is 2.13 bits per heavy atom. The quantitative estimate of drug-likeness (QED) is 0.190. The second-order valence-corrected chi connectivity index (χ2v) is 13.3. The van der Waals surface area contributed by atoms with Gasteiger partial charge in [0, 0.05) is 28.0 Å². The third-order valence-corrected chi connectivity index (χ3v) is 10.9. The minimum Gasteiger partial charge on any atom is -0.508 e. The minimum absolute atomic E-state index is 0.0602. The number of halogens is 1. The van der Waals surface area contributed by atoms with Crippen LogP contribution >= 0.6 is 11.6 Å². The summed E-state index contributed by atoms with van der Waals surface area (Å²) in [5.74, 6) is -4.67. The van der Waals surface area contributed by atoms with Crippen molar-refractivity contribution in [2.24, 2.45) is 23.7 Å². The zero-order chi connectivity index (χ0) is 32.4. The molecule has 2 fully saturated rings. The summed E-state index contributed by atoms with van der Waals surface area (Å²) in [6.07, 6.45) is 3.93. The fraction of sp³-hybridized carbons (Fsp3) is 0.200. The van der Waals surface area contributed by atoms with Crippen LogP contribution in [-0.4, -0.2) is 28.5 Å². The summed E-state index contributed by atoms with van der Waals surface area (Å²) < 4.78 is 0. The van der Waals surface area contributed by atoms with E-state index in [-0.39, 0.29) is 35.6 Å². The third kappa shape index (κ3) is 4.24. The van der Waals surface area contributed by atoms with Crippen LogP contribution in [0, 0.1) is 23.7 Å². The number of para-hydroxylation sites is 1. The first kappa shape index (κ1) is 29.3. The lowest BCUT2D eigenvalue weighted by atomic mass is 9.44. The molecule has 6 nitrogen and oxygen atoms in total. The predicted molar refractivity (Wildman–Crippen MR) is 179 cm³/mol. The number of allylic oxidation sites excluding steroid dienone is 4. The number of ketones is 2.